The van der Waals surface area contributed by atoms with Gasteiger partial charge in [0.15, 0.2) is 5.84 Å². The Balaban J connectivity index is 1.25. The molecule has 2 aromatic heterocycles. The van der Waals surface area contributed by atoms with Crippen LogP contribution < -0.4 is 16.0 Å². The number of pyridine rings is 1. The molecule has 0 saturated carbocycles. The van der Waals surface area contributed by atoms with Crippen LogP contribution in [-0.2, 0) is 13.0 Å². The van der Waals surface area contributed by atoms with E-state index in [4.69, 9.17) is 4.99 Å². The lowest BCUT2D eigenvalue weighted by atomic mass is 9.99. The van der Waals surface area contributed by atoms with Crippen LogP contribution in [0.4, 0.5) is 11.6 Å². The summed E-state index contributed by atoms with van der Waals surface area (Å²) in [7, 11) is 2.03. The molecule has 4 heterocycles. The molecule has 0 amide bonds. The number of piperidine rings is 1. The van der Waals surface area contributed by atoms with Crippen molar-refractivity contribution in [2.24, 2.45) is 9.98 Å². The molecule has 38 heavy (non-hydrogen) atoms. The van der Waals surface area contributed by atoms with E-state index in [0.717, 1.165) is 81.3 Å². The predicted octanol–water partition coefficient (Wildman–Crippen LogP) is 3.95. The Kier molecular flexibility index (Phi) is 8.63. The van der Waals surface area contributed by atoms with Crippen LogP contribution in [0.2, 0.25) is 0 Å². The number of fused-ring (bicyclic) bond motifs is 1. The minimum atomic E-state index is 0.298. The van der Waals surface area contributed by atoms with Gasteiger partial charge in [0.1, 0.15) is 11.6 Å². The molecule has 5 rings (SSSR count). The van der Waals surface area contributed by atoms with E-state index in [-0.39, 0.29) is 0 Å². The molecule has 0 radical (unpaired) electrons. The van der Waals surface area contributed by atoms with Crippen LogP contribution in [-0.4, -0.2) is 72.8 Å². The van der Waals surface area contributed by atoms with Gasteiger partial charge in [-0.25, -0.2) is 15.0 Å². The van der Waals surface area contributed by atoms with Crippen molar-refractivity contribution in [2.75, 3.05) is 45.1 Å². The van der Waals surface area contributed by atoms with E-state index < -0.39 is 0 Å². The number of rotatable bonds is 9. The summed E-state index contributed by atoms with van der Waals surface area (Å²) in [6.07, 6.45) is 7.29. The molecular formula is C30H40N8. The first-order valence-electron chi connectivity index (χ1n) is 13.7. The third-order valence-corrected chi connectivity index (χ3v) is 7.79. The van der Waals surface area contributed by atoms with Crippen LogP contribution >= 0.6 is 0 Å². The van der Waals surface area contributed by atoms with E-state index in [1.165, 1.54) is 11.1 Å². The average Bonchev–Trinajstić information content (AvgIpc) is 3.34. The van der Waals surface area contributed by atoms with Crippen molar-refractivity contribution >= 4 is 24.2 Å². The average molecular weight is 513 g/mol. The van der Waals surface area contributed by atoms with Gasteiger partial charge in [0.05, 0.1) is 0 Å². The van der Waals surface area contributed by atoms with E-state index >= 15 is 0 Å². The summed E-state index contributed by atoms with van der Waals surface area (Å²) in [5.41, 5.74) is 4.98. The van der Waals surface area contributed by atoms with Crippen LogP contribution in [0.3, 0.4) is 0 Å². The maximum Gasteiger partial charge on any atom is 0.161 e. The van der Waals surface area contributed by atoms with E-state index in [2.05, 4.69) is 85.6 Å². The first-order valence-corrected chi connectivity index (χ1v) is 13.7. The SMILES string of the molecule is C=N/C(=N\c1c(C)ccn1C1CCNCC1)c1ccnc(NCC(CN2CCc3ccccc3C2)NC)c1. The molecule has 2 aliphatic rings. The molecule has 1 saturated heterocycles. The highest BCUT2D eigenvalue weighted by Gasteiger charge is 2.20. The number of nitrogens with zero attached hydrogens (tertiary/aromatic N) is 5. The number of amidine groups is 1. The summed E-state index contributed by atoms with van der Waals surface area (Å²) in [6, 6.07) is 15.6. The first kappa shape index (κ1) is 26.3. The summed E-state index contributed by atoms with van der Waals surface area (Å²) in [4.78, 5) is 16.4. The van der Waals surface area contributed by atoms with Gasteiger partial charge in [0.25, 0.3) is 0 Å². The molecule has 2 aliphatic heterocycles. The Morgan fingerprint density at radius 3 is 2.79 bits per heavy atom. The molecule has 0 bridgehead atoms. The first-order chi connectivity index (χ1) is 18.6. The van der Waals surface area contributed by atoms with Gasteiger partial charge in [0.2, 0.25) is 0 Å². The van der Waals surface area contributed by atoms with Crippen molar-refractivity contribution in [2.45, 2.75) is 44.8 Å². The summed E-state index contributed by atoms with van der Waals surface area (Å²) >= 11 is 0. The van der Waals surface area contributed by atoms with Crippen LogP contribution in [0, 0.1) is 6.92 Å². The lowest BCUT2D eigenvalue weighted by Gasteiger charge is -2.32. The number of likely N-dealkylation sites (N-methyl/N-ethyl adjacent to an activating group) is 1. The van der Waals surface area contributed by atoms with Gasteiger partial charge in [0, 0.05) is 56.2 Å². The van der Waals surface area contributed by atoms with Crippen molar-refractivity contribution in [3.63, 3.8) is 0 Å². The van der Waals surface area contributed by atoms with Gasteiger partial charge >= 0.3 is 0 Å². The number of benzene rings is 1. The number of nitrogens with one attached hydrogen (secondary N) is 3. The number of aliphatic imine (C=N–C) groups is 2. The Labute approximate surface area is 226 Å². The Bertz CT molecular complexity index is 1260. The van der Waals surface area contributed by atoms with E-state index in [1.807, 2.05) is 25.4 Å². The second-order valence-corrected chi connectivity index (χ2v) is 10.4. The third kappa shape index (κ3) is 6.20. The monoisotopic (exact) mass is 512 g/mol. The van der Waals surface area contributed by atoms with Gasteiger partial charge in [-0.2, -0.15) is 0 Å². The highest BCUT2D eigenvalue weighted by Crippen LogP contribution is 2.30. The van der Waals surface area contributed by atoms with Crippen LogP contribution in [0.25, 0.3) is 0 Å². The van der Waals surface area contributed by atoms with Gasteiger partial charge in [-0.05, 0) is 87.9 Å². The van der Waals surface area contributed by atoms with Gasteiger partial charge < -0.3 is 20.5 Å². The zero-order valence-corrected chi connectivity index (χ0v) is 22.7. The highest BCUT2D eigenvalue weighted by molar-refractivity contribution is 6.03. The van der Waals surface area contributed by atoms with Crippen molar-refractivity contribution in [1.29, 1.82) is 0 Å². The molecule has 200 valence electrons. The van der Waals surface area contributed by atoms with Gasteiger partial charge in [-0.1, -0.05) is 24.3 Å². The number of anilines is 1. The number of aromatic nitrogens is 2. The van der Waals surface area contributed by atoms with E-state index in [1.54, 1.807) is 0 Å². The fourth-order valence-corrected chi connectivity index (χ4v) is 5.53. The third-order valence-electron chi connectivity index (χ3n) is 7.79. The van der Waals surface area contributed by atoms with Crippen molar-refractivity contribution < 1.29 is 0 Å². The van der Waals surface area contributed by atoms with Crippen LogP contribution in [0.5, 0.6) is 0 Å². The molecule has 0 aliphatic carbocycles. The topological polar surface area (TPSA) is 81.9 Å². The van der Waals surface area contributed by atoms with Crippen LogP contribution in [0.1, 0.15) is 41.1 Å². The molecule has 1 unspecified atom stereocenters. The standard InChI is InChI=1S/C30H40N8/c1-22-11-17-38(27-9-13-33-14-10-27)30(22)36-29(32-3)24-8-15-34-28(18-24)35-19-26(31-2)21-37-16-12-23-6-4-5-7-25(23)20-37/h4-8,11,15,17-18,26-27,31,33H,3,9-10,12-14,16,19-21H2,1-2H3,(H,34,35)/b36-29-. The lowest BCUT2D eigenvalue weighted by molar-refractivity contribution is 0.231. The fraction of sp³-hybridized carbons (Fsp3) is 0.433. The van der Waals surface area contributed by atoms with E-state index in [0.29, 0.717) is 17.9 Å². The Morgan fingerprint density at radius 1 is 1.18 bits per heavy atom. The summed E-state index contributed by atoms with van der Waals surface area (Å²) in [5.74, 6) is 2.39. The molecule has 3 aromatic rings. The van der Waals surface area contributed by atoms with Gasteiger partial charge in [-0.15, -0.1) is 0 Å². The molecule has 1 fully saturated rings. The number of hydrogen-bond donors (Lipinski definition) is 3. The second-order valence-electron chi connectivity index (χ2n) is 10.4. The minimum Gasteiger partial charge on any atom is -0.368 e. The maximum absolute atomic E-state index is 4.99. The van der Waals surface area contributed by atoms with Crippen LogP contribution in [0.15, 0.2) is 64.8 Å². The highest BCUT2D eigenvalue weighted by atomic mass is 15.2. The Morgan fingerprint density at radius 2 is 2.00 bits per heavy atom. The lowest BCUT2D eigenvalue weighted by Crippen LogP contribution is -2.45. The summed E-state index contributed by atoms with van der Waals surface area (Å²) in [5, 5.41) is 10.4. The quantitative estimate of drug-likeness (QED) is 0.299. The molecular weight excluding hydrogens is 472 g/mol. The number of hydrogen-bond acceptors (Lipinski definition) is 6. The predicted molar refractivity (Wildman–Crippen MR) is 157 cm³/mol. The van der Waals surface area contributed by atoms with Crippen molar-refractivity contribution in [1.82, 2.24) is 25.1 Å². The molecule has 1 atom stereocenters. The molecule has 0 spiro atoms. The van der Waals surface area contributed by atoms with Crippen molar-refractivity contribution in [3.8, 4) is 0 Å². The smallest absolute Gasteiger partial charge is 0.161 e. The summed E-state index contributed by atoms with van der Waals surface area (Å²) < 4.78 is 2.30. The minimum absolute atomic E-state index is 0.298. The molecule has 8 nitrogen and oxygen atoms in total. The molecule has 3 N–H and O–H groups in total. The number of aryl methyl sites for hydroxylation is 1. The van der Waals surface area contributed by atoms with Crippen molar-refractivity contribution in [3.05, 3.63) is 77.1 Å². The zero-order valence-electron chi connectivity index (χ0n) is 22.7. The molecule has 1 aromatic carbocycles. The summed E-state index contributed by atoms with van der Waals surface area (Å²) in [6.45, 7) is 11.9. The fourth-order valence-electron chi connectivity index (χ4n) is 5.53. The largest absolute Gasteiger partial charge is 0.368 e. The zero-order chi connectivity index (χ0) is 26.3. The normalized spacial score (nSPS) is 17.7. The van der Waals surface area contributed by atoms with E-state index in [9.17, 15) is 0 Å². The van der Waals surface area contributed by atoms with Gasteiger partial charge in [-0.3, -0.25) is 4.90 Å². The molecule has 8 heteroatoms. The maximum atomic E-state index is 4.99. The Hall–Kier alpha value is -3.33. The second kappa shape index (κ2) is 12.5.